The molecule has 0 heterocycles. The zero-order valence-electron chi connectivity index (χ0n) is 9.97. The second-order valence-electron chi connectivity index (χ2n) is 3.39. The van der Waals surface area contributed by atoms with Gasteiger partial charge in [-0.2, -0.15) is 8.42 Å². The average Bonchev–Trinajstić information content (AvgIpc) is 2.14. The summed E-state index contributed by atoms with van der Waals surface area (Å²) in [5.74, 6) is 0.687. The molecule has 0 aromatic heterocycles. The van der Waals surface area contributed by atoms with Crippen LogP contribution in [-0.4, -0.2) is 48.6 Å². The number of hydrogen-bond acceptors (Lipinski definition) is 4. The molecule has 0 fully saturated rings. The second-order valence-corrected chi connectivity index (χ2v) is 4.55. The summed E-state index contributed by atoms with van der Waals surface area (Å²) in [6, 6.07) is 6.62. The number of hydrogen-bond donors (Lipinski definition) is 3. The first-order chi connectivity index (χ1) is 7.37. The number of benzene rings is 1. The van der Waals surface area contributed by atoms with Gasteiger partial charge in [0.05, 0.1) is 11.8 Å². The van der Waals surface area contributed by atoms with E-state index in [4.69, 9.17) is 9.29 Å². The molecule has 1 radical (unpaired) electrons. The Morgan fingerprint density at radius 1 is 1.24 bits per heavy atom. The first-order valence-electron chi connectivity index (χ1n) is 4.64. The van der Waals surface area contributed by atoms with Crippen LogP contribution in [0.4, 0.5) is 5.69 Å². The Bertz CT molecular complexity index is 433. The van der Waals surface area contributed by atoms with Gasteiger partial charge in [0.1, 0.15) is 5.75 Å². The van der Waals surface area contributed by atoms with Crippen LogP contribution in [0.1, 0.15) is 13.8 Å². The average molecular weight is 269 g/mol. The minimum absolute atomic E-state index is 0. The Balaban J connectivity index is 0.00000256. The summed E-state index contributed by atoms with van der Waals surface area (Å²) in [7, 11) is -4.24. The van der Waals surface area contributed by atoms with Crippen LogP contribution in [0.15, 0.2) is 24.3 Å². The summed E-state index contributed by atoms with van der Waals surface area (Å²) in [5.41, 5.74) is 2.82. The van der Waals surface area contributed by atoms with Gasteiger partial charge in [-0.3, -0.25) is 4.55 Å². The zero-order chi connectivity index (χ0) is 12.2. The first-order valence-corrected chi connectivity index (χ1v) is 6.08. The third-order valence-electron chi connectivity index (χ3n) is 1.55. The van der Waals surface area contributed by atoms with Crippen molar-refractivity contribution in [2.45, 2.75) is 20.0 Å². The van der Waals surface area contributed by atoms with E-state index >= 15 is 0 Å². The molecule has 0 spiro atoms. The first kappa shape index (κ1) is 16.7. The number of hydrazine groups is 1. The van der Waals surface area contributed by atoms with E-state index in [0.717, 1.165) is 0 Å². The quantitative estimate of drug-likeness (QED) is 0.418. The summed E-state index contributed by atoms with van der Waals surface area (Å²) >= 11 is 0. The molecule has 1 aromatic carbocycles. The van der Waals surface area contributed by atoms with Crippen LogP contribution in [0.3, 0.4) is 0 Å². The van der Waals surface area contributed by atoms with E-state index in [1.165, 1.54) is 0 Å². The molecule has 8 heteroatoms. The molecule has 0 unspecified atom stereocenters. The fourth-order valence-corrected chi connectivity index (χ4v) is 1.26. The van der Waals surface area contributed by atoms with Crippen LogP contribution in [0.5, 0.6) is 5.75 Å². The topological polar surface area (TPSA) is 87.7 Å². The van der Waals surface area contributed by atoms with Crippen molar-refractivity contribution in [1.29, 1.82) is 0 Å². The van der Waals surface area contributed by atoms with Gasteiger partial charge in [0, 0.05) is 29.6 Å². The van der Waals surface area contributed by atoms with Gasteiger partial charge in [-0.05, 0) is 38.1 Å². The van der Waals surface area contributed by atoms with E-state index in [-0.39, 0.29) is 35.7 Å². The number of rotatable bonds is 5. The molecule has 0 saturated carbocycles. The Labute approximate surface area is 123 Å². The van der Waals surface area contributed by atoms with Crippen molar-refractivity contribution < 1.29 is 17.7 Å². The van der Waals surface area contributed by atoms with Gasteiger partial charge < -0.3 is 10.2 Å². The fraction of sp³-hybridized carbons (Fsp3) is 0.333. The van der Waals surface area contributed by atoms with Crippen molar-refractivity contribution >= 4 is 45.5 Å². The van der Waals surface area contributed by atoms with Crippen molar-refractivity contribution in [3.05, 3.63) is 24.3 Å². The monoisotopic (exact) mass is 269 g/mol. The number of ether oxygens (including phenoxy) is 1. The molecular weight excluding hydrogens is 255 g/mol. The smallest absolute Gasteiger partial charge is 0.350 e. The van der Waals surface area contributed by atoms with E-state index in [9.17, 15) is 8.42 Å². The predicted octanol–water partition coefficient (Wildman–Crippen LogP) is 0.812. The second kappa shape index (κ2) is 7.20. The maximum Gasteiger partial charge on any atom is 0.350 e. The predicted molar refractivity (Wildman–Crippen MR) is 66.3 cm³/mol. The third-order valence-corrected chi connectivity index (χ3v) is 1.91. The van der Waals surface area contributed by atoms with E-state index in [1.807, 2.05) is 13.8 Å². The maximum atomic E-state index is 10.4. The molecule has 0 amide bonds. The van der Waals surface area contributed by atoms with Gasteiger partial charge in [-0.25, -0.2) is 0 Å². The largest absolute Gasteiger partial charge is 0.491 e. The molecule has 0 aliphatic heterocycles. The molecular formula is C9H14N2NaO4S. The molecule has 0 aliphatic rings. The van der Waals surface area contributed by atoms with Crippen LogP contribution in [-0.2, 0) is 10.3 Å². The summed E-state index contributed by atoms with van der Waals surface area (Å²) in [6.45, 7) is 3.82. The van der Waals surface area contributed by atoms with Gasteiger partial charge in [0.15, 0.2) is 0 Å². The van der Waals surface area contributed by atoms with E-state index in [1.54, 1.807) is 29.1 Å². The van der Waals surface area contributed by atoms with Crippen molar-refractivity contribution in [1.82, 2.24) is 4.83 Å². The van der Waals surface area contributed by atoms with E-state index < -0.39 is 10.3 Å². The van der Waals surface area contributed by atoms with Gasteiger partial charge >= 0.3 is 10.3 Å². The Morgan fingerprint density at radius 3 is 2.18 bits per heavy atom. The normalized spacial score (nSPS) is 10.8. The van der Waals surface area contributed by atoms with Crippen molar-refractivity contribution in [3.8, 4) is 5.75 Å². The fourth-order valence-electron chi connectivity index (χ4n) is 1.01. The molecule has 0 saturated heterocycles. The molecule has 6 nitrogen and oxygen atoms in total. The van der Waals surface area contributed by atoms with E-state index in [2.05, 4.69) is 5.43 Å². The van der Waals surface area contributed by atoms with Crippen molar-refractivity contribution in [2.75, 3.05) is 5.43 Å². The summed E-state index contributed by atoms with van der Waals surface area (Å²) in [6.07, 6.45) is 0.0785. The number of nitrogens with one attached hydrogen (secondary N) is 2. The summed E-state index contributed by atoms with van der Waals surface area (Å²) in [4.78, 5) is 1.74. The standard InChI is InChI=1S/C9H14N2O4S.Na/c1-7(2)15-9-5-3-8(4-6-9)10-11-16(12,13)14;/h3-7,10-11H,1-2H3,(H,12,13,14);. The van der Waals surface area contributed by atoms with Crippen LogP contribution < -0.4 is 15.0 Å². The Kier molecular flexibility index (Phi) is 7.07. The van der Waals surface area contributed by atoms with E-state index in [0.29, 0.717) is 11.4 Å². The molecule has 17 heavy (non-hydrogen) atoms. The van der Waals surface area contributed by atoms with Gasteiger partial charge in [-0.15, -0.1) is 4.83 Å². The molecule has 1 rings (SSSR count). The minimum Gasteiger partial charge on any atom is -0.491 e. The molecule has 0 aliphatic carbocycles. The maximum absolute atomic E-state index is 10.4. The Hall–Kier alpha value is -0.310. The summed E-state index contributed by atoms with van der Waals surface area (Å²) < 4.78 is 34.6. The molecule has 0 atom stereocenters. The molecule has 1 aromatic rings. The summed E-state index contributed by atoms with van der Waals surface area (Å²) in [5, 5.41) is 0. The molecule has 3 N–H and O–H groups in total. The van der Waals surface area contributed by atoms with Crippen LogP contribution in [0.25, 0.3) is 0 Å². The van der Waals surface area contributed by atoms with Gasteiger partial charge in [-0.1, -0.05) is 0 Å². The van der Waals surface area contributed by atoms with Crippen LogP contribution in [0, 0.1) is 0 Å². The molecule has 91 valence electrons. The minimum atomic E-state index is -4.24. The van der Waals surface area contributed by atoms with Crippen LogP contribution >= 0.6 is 0 Å². The third kappa shape index (κ3) is 7.58. The van der Waals surface area contributed by atoms with Crippen molar-refractivity contribution in [2.24, 2.45) is 0 Å². The van der Waals surface area contributed by atoms with Gasteiger partial charge in [0.2, 0.25) is 0 Å². The SMILES string of the molecule is CC(C)Oc1ccc(NNS(=O)(=O)O)cc1.[Na]. The van der Waals surface area contributed by atoms with Gasteiger partial charge in [0.25, 0.3) is 0 Å². The zero-order valence-corrected chi connectivity index (χ0v) is 12.8. The Morgan fingerprint density at radius 2 is 1.76 bits per heavy atom. The van der Waals surface area contributed by atoms with Crippen molar-refractivity contribution in [3.63, 3.8) is 0 Å². The number of anilines is 1. The molecule has 0 bridgehead atoms. The van der Waals surface area contributed by atoms with Crippen LogP contribution in [0.2, 0.25) is 0 Å².